The van der Waals surface area contributed by atoms with Gasteiger partial charge in [-0.15, -0.1) is 0 Å². The lowest BCUT2D eigenvalue weighted by atomic mass is 9.89. The van der Waals surface area contributed by atoms with Crippen LogP contribution in [-0.2, 0) is 14.3 Å². The van der Waals surface area contributed by atoms with Crippen molar-refractivity contribution >= 4 is 23.5 Å². The number of hydrogen-bond acceptors (Lipinski definition) is 7. The molecule has 1 aromatic rings. The van der Waals surface area contributed by atoms with E-state index in [4.69, 9.17) is 9.47 Å². The molecule has 0 bridgehead atoms. The highest BCUT2D eigenvalue weighted by Gasteiger charge is 2.45. The van der Waals surface area contributed by atoms with E-state index in [2.05, 4.69) is 11.9 Å². The van der Waals surface area contributed by atoms with Gasteiger partial charge >= 0.3 is 11.8 Å². The number of fused-ring (bicyclic) bond motifs is 1. The maximum atomic E-state index is 12.7. The van der Waals surface area contributed by atoms with Crippen molar-refractivity contribution in [3.8, 4) is 5.75 Å². The quantitative estimate of drug-likeness (QED) is 0.450. The highest BCUT2D eigenvalue weighted by molar-refractivity contribution is 6.04. The Hall–Kier alpha value is -2.71. The lowest BCUT2D eigenvalue weighted by Crippen LogP contribution is -2.54. The second-order valence-electron chi connectivity index (χ2n) is 7.62. The molecule has 0 aromatic carbocycles. The molecule has 0 saturated heterocycles. The predicted octanol–water partition coefficient (Wildman–Crippen LogP) is 2.62. The van der Waals surface area contributed by atoms with Crippen molar-refractivity contribution < 1.29 is 24.0 Å². The molecule has 0 radical (unpaired) electrons. The molecule has 1 aliphatic heterocycles. The Balaban J connectivity index is 1.80. The first-order valence-electron chi connectivity index (χ1n) is 9.03. The lowest BCUT2D eigenvalue weighted by Gasteiger charge is -2.35. The first-order valence-corrected chi connectivity index (χ1v) is 9.03. The molecule has 1 saturated carbocycles. The fraction of sp³-hybridized carbons (Fsp3) is 0.611. The van der Waals surface area contributed by atoms with Crippen molar-refractivity contribution in [2.45, 2.75) is 58.2 Å². The molecule has 1 aliphatic carbocycles. The van der Waals surface area contributed by atoms with Crippen molar-refractivity contribution in [1.29, 1.82) is 0 Å². The maximum Gasteiger partial charge on any atom is 0.366 e. The molecular weight excluding hydrogens is 354 g/mol. The zero-order valence-electron chi connectivity index (χ0n) is 15.6. The number of ether oxygens (including phenoxy) is 2. The third-order valence-electron chi connectivity index (χ3n) is 4.94. The number of amides is 1. The van der Waals surface area contributed by atoms with E-state index in [-0.39, 0.29) is 24.2 Å². The van der Waals surface area contributed by atoms with Crippen LogP contribution in [0.1, 0.15) is 46.5 Å². The molecular formula is C18H23N3O6. The molecule has 27 heavy (non-hydrogen) atoms. The van der Waals surface area contributed by atoms with Gasteiger partial charge in [0.2, 0.25) is 0 Å². The smallest absolute Gasteiger partial charge is 0.366 e. The van der Waals surface area contributed by atoms with E-state index in [1.54, 1.807) is 13.8 Å². The summed E-state index contributed by atoms with van der Waals surface area (Å²) in [4.78, 5) is 40.5. The molecule has 9 nitrogen and oxygen atoms in total. The van der Waals surface area contributed by atoms with Crippen LogP contribution in [0.2, 0.25) is 0 Å². The number of rotatable bonds is 4. The van der Waals surface area contributed by atoms with Crippen LogP contribution in [0.15, 0.2) is 12.1 Å². The Morgan fingerprint density at radius 1 is 1.37 bits per heavy atom. The van der Waals surface area contributed by atoms with E-state index in [1.165, 1.54) is 12.1 Å². The number of nitrogens with zero attached hydrogens (tertiary/aromatic N) is 3. The molecule has 2 aliphatic rings. The molecule has 1 fully saturated rings. The summed E-state index contributed by atoms with van der Waals surface area (Å²) in [5.41, 5.74) is -1.22. The average molecular weight is 377 g/mol. The third-order valence-corrected chi connectivity index (χ3v) is 4.94. The summed E-state index contributed by atoms with van der Waals surface area (Å²) in [6.45, 7) is 4.95. The van der Waals surface area contributed by atoms with E-state index >= 15 is 0 Å². The molecule has 146 valence electrons. The fourth-order valence-corrected chi connectivity index (χ4v) is 3.39. The van der Waals surface area contributed by atoms with Gasteiger partial charge in [0.25, 0.3) is 11.7 Å². The Bertz CT molecular complexity index is 770. The lowest BCUT2D eigenvalue weighted by molar-refractivity contribution is -0.389. The van der Waals surface area contributed by atoms with Gasteiger partial charge in [-0.1, -0.05) is 6.92 Å². The van der Waals surface area contributed by atoms with E-state index in [1.807, 2.05) is 0 Å². The van der Waals surface area contributed by atoms with Crippen LogP contribution >= 0.6 is 0 Å². The van der Waals surface area contributed by atoms with E-state index in [0.717, 1.165) is 30.6 Å². The molecule has 2 heterocycles. The summed E-state index contributed by atoms with van der Waals surface area (Å²) >= 11 is 0. The van der Waals surface area contributed by atoms with Gasteiger partial charge in [0.1, 0.15) is 12.6 Å². The molecule has 1 amide bonds. The molecule has 0 unspecified atom stereocenters. The summed E-state index contributed by atoms with van der Waals surface area (Å²) < 4.78 is 11.1. The van der Waals surface area contributed by atoms with E-state index in [0.29, 0.717) is 5.92 Å². The number of nitro groups is 1. The van der Waals surface area contributed by atoms with Crippen LogP contribution in [0, 0.1) is 16.0 Å². The normalized spacial score (nSPS) is 24.0. The van der Waals surface area contributed by atoms with Crippen LogP contribution in [-0.4, -0.2) is 40.0 Å². The topological polar surface area (TPSA) is 112 Å². The van der Waals surface area contributed by atoms with Crippen molar-refractivity contribution in [3.05, 3.63) is 22.2 Å². The molecule has 0 spiro atoms. The second-order valence-corrected chi connectivity index (χ2v) is 7.62. The van der Waals surface area contributed by atoms with Crippen molar-refractivity contribution in [3.63, 3.8) is 0 Å². The average Bonchev–Trinajstić information content (AvgIpc) is 2.60. The summed E-state index contributed by atoms with van der Waals surface area (Å²) in [6.07, 6.45) is 3.44. The first-order chi connectivity index (χ1) is 12.7. The Labute approximate surface area is 156 Å². The van der Waals surface area contributed by atoms with Crippen molar-refractivity contribution in [1.82, 2.24) is 4.98 Å². The van der Waals surface area contributed by atoms with Gasteiger partial charge in [0, 0.05) is 6.07 Å². The number of carbonyl (C=O) groups excluding carboxylic acids is 2. The van der Waals surface area contributed by atoms with Crippen LogP contribution < -0.4 is 9.64 Å². The SMILES string of the molecule is CC1CCC(OC(=O)CN2C(=O)C(C)(C)Oc3ccc([N+](=O)[O-])nc32)CC1. The molecule has 0 N–H and O–H groups in total. The Morgan fingerprint density at radius 3 is 2.67 bits per heavy atom. The zero-order chi connectivity index (χ0) is 19.8. The highest BCUT2D eigenvalue weighted by atomic mass is 16.6. The standard InChI is InChI=1S/C18H23N3O6/c1-11-4-6-12(7-5-11)26-15(22)10-20-16-13(27-18(2,3)17(20)23)8-9-14(19-16)21(24)25/h8-9,11-12H,4-7,10H2,1-3H3. The van der Waals surface area contributed by atoms with Gasteiger partial charge in [-0.2, -0.15) is 0 Å². The minimum Gasteiger partial charge on any atom is -0.472 e. The van der Waals surface area contributed by atoms with Gasteiger partial charge in [-0.3, -0.25) is 14.5 Å². The van der Waals surface area contributed by atoms with Gasteiger partial charge in [0.05, 0.1) is 0 Å². The number of hydrogen-bond donors (Lipinski definition) is 0. The number of anilines is 1. The Morgan fingerprint density at radius 2 is 2.04 bits per heavy atom. The third kappa shape index (κ3) is 4.01. The van der Waals surface area contributed by atoms with Gasteiger partial charge < -0.3 is 19.6 Å². The van der Waals surface area contributed by atoms with Gasteiger partial charge in [0.15, 0.2) is 11.4 Å². The van der Waals surface area contributed by atoms with Crippen LogP contribution in [0.3, 0.4) is 0 Å². The van der Waals surface area contributed by atoms with Crippen LogP contribution in [0.5, 0.6) is 5.75 Å². The highest BCUT2D eigenvalue weighted by Crippen LogP contribution is 2.37. The molecule has 1 aromatic heterocycles. The minimum absolute atomic E-state index is 0.0391. The maximum absolute atomic E-state index is 12.7. The predicted molar refractivity (Wildman–Crippen MR) is 95.5 cm³/mol. The molecule has 0 atom stereocenters. The summed E-state index contributed by atoms with van der Waals surface area (Å²) in [7, 11) is 0. The van der Waals surface area contributed by atoms with Gasteiger partial charge in [-0.25, -0.2) is 0 Å². The minimum atomic E-state index is -1.22. The monoisotopic (exact) mass is 377 g/mol. The second kappa shape index (κ2) is 7.13. The van der Waals surface area contributed by atoms with Crippen molar-refractivity contribution in [2.75, 3.05) is 11.4 Å². The molecule has 3 rings (SSSR count). The number of aromatic nitrogens is 1. The fourth-order valence-electron chi connectivity index (χ4n) is 3.39. The van der Waals surface area contributed by atoms with Crippen LogP contribution in [0.25, 0.3) is 0 Å². The first kappa shape index (κ1) is 19.1. The van der Waals surface area contributed by atoms with Crippen LogP contribution in [0.4, 0.5) is 11.6 Å². The number of carbonyl (C=O) groups is 2. The summed E-state index contributed by atoms with van der Waals surface area (Å²) in [5.74, 6) is -0.688. The largest absolute Gasteiger partial charge is 0.472 e. The van der Waals surface area contributed by atoms with Gasteiger partial charge in [-0.05, 0) is 61.4 Å². The van der Waals surface area contributed by atoms with E-state index < -0.39 is 28.2 Å². The number of esters is 1. The van der Waals surface area contributed by atoms with Crippen molar-refractivity contribution in [2.24, 2.45) is 5.92 Å². The Kier molecular flexibility index (Phi) is 5.03. The number of pyridine rings is 1. The zero-order valence-corrected chi connectivity index (χ0v) is 15.6. The summed E-state index contributed by atoms with van der Waals surface area (Å²) in [6, 6.07) is 2.58. The molecule has 9 heteroatoms. The van der Waals surface area contributed by atoms with E-state index in [9.17, 15) is 19.7 Å². The summed E-state index contributed by atoms with van der Waals surface area (Å²) in [5, 5.41) is 11.0.